The number of thiophene rings is 1. The highest BCUT2D eigenvalue weighted by atomic mass is 32.2. The fourth-order valence-electron chi connectivity index (χ4n) is 3.20. The molecule has 0 aliphatic heterocycles. The minimum Gasteiger partial charge on any atom is -0.301 e. The van der Waals surface area contributed by atoms with Crippen molar-refractivity contribution in [3.05, 3.63) is 52.2 Å². The van der Waals surface area contributed by atoms with E-state index in [9.17, 15) is 13.2 Å². The molecule has 0 fully saturated rings. The van der Waals surface area contributed by atoms with Crippen molar-refractivity contribution in [2.75, 3.05) is 18.9 Å². The molecule has 1 aliphatic carbocycles. The van der Waals surface area contributed by atoms with E-state index in [1.807, 2.05) is 5.38 Å². The number of hydrogen-bond acceptors (Lipinski definition) is 6. The van der Waals surface area contributed by atoms with Crippen LogP contribution in [-0.4, -0.2) is 37.2 Å². The number of fused-ring (bicyclic) bond motifs is 1. The van der Waals surface area contributed by atoms with Crippen molar-refractivity contribution in [2.45, 2.75) is 23.5 Å². The van der Waals surface area contributed by atoms with E-state index in [1.54, 1.807) is 11.4 Å². The molecule has 0 saturated heterocycles. The Balaban J connectivity index is 1.42. The lowest BCUT2D eigenvalue weighted by Crippen LogP contribution is -2.34. The molecule has 2 heterocycles. The number of aromatic nitrogens is 1. The minimum atomic E-state index is -3.65. The number of benzene rings is 1. The lowest BCUT2D eigenvalue weighted by atomic mass is 10.1. The monoisotopic (exact) mass is 433 g/mol. The average molecular weight is 434 g/mol. The van der Waals surface area contributed by atoms with Gasteiger partial charge in [0.15, 0.2) is 5.13 Å². The van der Waals surface area contributed by atoms with Crippen LogP contribution in [0, 0.1) is 0 Å². The molecule has 0 unspecified atom stereocenters. The first-order chi connectivity index (χ1) is 13.4. The number of thiazole rings is 1. The molecule has 1 aliphatic rings. The lowest BCUT2D eigenvalue weighted by molar-refractivity contribution is -0.116. The average Bonchev–Trinajstić information content (AvgIpc) is 3.41. The zero-order valence-electron chi connectivity index (χ0n) is 15.2. The van der Waals surface area contributed by atoms with Gasteiger partial charge in [-0.05, 0) is 47.9 Å². The molecular formula is C19H19N3O3S3. The van der Waals surface area contributed by atoms with E-state index in [2.05, 4.69) is 28.5 Å². The van der Waals surface area contributed by atoms with Crippen molar-refractivity contribution in [3.63, 3.8) is 0 Å². The van der Waals surface area contributed by atoms with Crippen molar-refractivity contribution >= 4 is 43.7 Å². The molecule has 1 amide bonds. The van der Waals surface area contributed by atoms with Crippen molar-refractivity contribution in [1.82, 2.24) is 9.29 Å². The summed E-state index contributed by atoms with van der Waals surface area (Å²) >= 11 is 2.46. The number of anilines is 1. The summed E-state index contributed by atoms with van der Waals surface area (Å²) < 4.78 is 26.1. The van der Waals surface area contributed by atoms with E-state index < -0.39 is 15.9 Å². The Kier molecular flexibility index (Phi) is 5.33. The Morgan fingerprint density at radius 3 is 2.82 bits per heavy atom. The highest BCUT2D eigenvalue weighted by Crippen LogP contribution is 2.30. The first-order valence-electron chi connectivity index (χ1n) is 8.81. The normalized spacial score (nSPS) is 13.6. The van der Waals surface area contributed by atoms with Gasteiger partial charge in [0, 0.05) is 18.0 Å². The summed E-state index contributed by atoms with van der Waals surface area (Å²) in [7, 11) is -2.26. The maximum atomic E-state index is 12.4. The Bertz CT molecular complexity index is 1100. The third kappa shape index (κ3) is 3.88. The maximum absolute atomic E-state index is 12.4. The van der Waals surface area contributed by atoms with Crippen molar-refractivity contribution < 1.29 is 13.2 Å². The molecular weight excluding hydrogens is 414 g/mol. The minimum absolute atomic E-state index is 0.218. The smallest absolute Gasteiger partial charge is 0.252 e. The van der Waals surface area contributed by atoms with Gasteiger partial charge in [0.05, 0.1) is 12.2 Å². The zero-order valence-corrected chi connectivity index (χ0v) is 17.7. The van der Waals surface area contributed by atoms with Gasteiger partial charge in [-0.2, -0.15) is 4.31 Å². The zero-order chi connectivity index (χ0) is 19.7. The number of nitrogens with one attached hydrogen (secondary N) is 1. The highest BCUT2D eigenvalue weighted by molar-refractivity contribution is 7.91. The van der Waals surface area contributed by atoms with E-state index in [-0.39, 0.29) is 10.8 Å². The molecule has 3 aromatic rings. The summed E-state index contributed by atoms with van der Waals surface area (Å²) in [5.41, 5.74) is 4.63. The van der Waals surface area contributed by atoms with Crippen molar-refractivity contribution in [2.24, 2.45) is 0 Å². The fourth-order valence-corrected chi connectivity index (χ4v) is 6.27. The number of rotatable bonds is 6. The van der Waals surface area contributed by atoms with Gasteiger partial charge in [-0.25, -0.2) is 13.4 Å². The predicted molar refractivity (Wildman–Crippen MR) is 112 cm³/mol. The van der Waals surface area contributed by atoms with Gasteiger partial charge in [0.2, 0.25) is 5.91 Å². The number of hydrogen-bond donors (Lipinski definition) is 1. The molecule has 28 heavy (non-hydrogen) atoms. The molecule has 0 spiro atoms. The SMILES string of the molecule is CN(CC(=O)Nc1nc(-c2ccc3c(c2)CCC3)cs1)S(=O)(=O)c1cccs1. The molecule has 2 aromatic heterocycles. The number of aryl methyl sites for hydroxylation is 2. The number of likely N-dealkylation sites (N-methyl/N-ethyl adjacent to an activating group) is 1. The van der Waals surface area contributed by atoms with Crippen LogP contribution in [0.5, 0.6) is 0 Å². The van der Waals surface area contributed by atoms with E-state index in [0.29, 0.717) is 5.13 Å². The molecule has 9 heteroatoms. The van der Waals surface area contributed by atoms with Gasteiger partial charge >= 0.3 is 0 Å². The van der Waals surface area contributed by atoms with Gasteiger partial charge in [0.1, 0.15) is 4.21 Å². The Labute approximate surface area is 171 Å². The summed E-state index contributed by atoms with van der Waals surface area (Å²) in [5.74, 6) is -0.419. The van der Waals surface area contributed by atoms with Crippen LogP contribution in [0.4, 0.5) is 5.13 Å². The van der Waals surface area contributed by atoms with Gasteiger partial charge in [0.25, 0.3) is 10.0 Å². The largest absolute Gasteiger partial charge is 0.301 e. The number of carbonyl (C=O) groups is 1. The van der Waals surface area contributed by atoms with Crippen LogP contribution in [0.15, 0.2) is 45.3 Å². The Morgan fingerprint density at radius 2 is 2.04 bits per heavy atom. The first-order valence-corrected chi connectivity index (χ1v) is 12.0. The molecule has 0 bridgehead atoms. The molecule has 1 aromatic carbocycles. The predicted octanol–water partition coefficient (Wildman–Crippen LogP) is 3.62. The third-order valence-corrected chi connectivity index (χ3v) is 8.60. The van der Waals surface area contributed by atoms with Crippen LogP contribution in [0.3, 0.4) is 0 Å². The maximum Gasteiger partial charge on any atom is 0.252 e. The van der Waals surface area contributed by atoms with E-state index in [0.717, 1.165) is 39.7 Å². The van der Waals surface area contributed by atoms with Gasteiger partial charge in [-0.1, -0.05) is 18.2 Å². The van der Waals surface area contributed by atoms with Gasteiger partial charge in [-0.3, -0.25) is 4.79 Å². The topological polar surface area (TPSA) is 79.4 Å². The molecule has 0 atom stereocenters. The first kappa shape index (κ1) is 19.3. The summed E-state index contributed by atoms with van der Waals surface area (Å²) in [6.07, 6.45) is 3.43. The highest BCUT2D eigenvalue weighted by Gasteiger charge is 2.24. The van der Waals surface area contributed by atoms with Gasteiger partial charge in [-0.15, -0.1) is 22.7 Å². The standard InChI is InChI=1S/C19H19N3O3S3/c1-22(28(24,25)18-6-3-9-26-18)11-17(23)21-19-20-16(12-27-19)15-8-7-13-4-2-5-14(13)10-15/h3,6-10,12H,2,4-5,11H2,1H3,(H,20,21,23). The van der Waals surface area contributed by atoms with Crippen molar-refractivity contribution in [3.8, 4) is 11.3 Å². The quantitative estimate of drug-likeness (QED) is 0.644. The molecule has 6 nitrogen and oxygen atoms in total. The summed E-state index contributed by atoms with van der Waals surface area (Å²) in [6, 6.07) is 9.58. The summed E-state index contributed by atoms with van der Waals surface area (Å²) in [5, 5.41) is 6.75. The second-order valence-corrected chi connectivity index (χ2v) is 10.7. The van der Waals surface area contributed by atoms with E-state index in [4.69, 9.17) is 0 Å². The molecule has 4 rings (SSSR count). The second kappa shape index (κ2) is 7.75. The van der Waals surface area contributed by atoms with Crippen LogP contribution in [-0.2, 0) is 27.7 Å². The number of carbonyl (C=O) groups excluding carboxylic acids is 1. The van der Waals surface area contributed by atoms with Gasteiger partial charge < -0.3 is 5.32 Å². The second-order valence-electron chi connectivity index (χ2n) is 6.62. The Hall–Kier alpha value is -2.07. The number of amides is 1. The van der Waals surface area contributed by atoms with Crippen LogP contribution in [0.25, 0.3) is 11.3 Å². The summed E-state index contributed by atoms with van der Waals surface area (Å²) in [4.78, 5) is 16.8. The van der Waals surface area contributed by atoms with Crippen LogP contribution < -0.4 is 5.32 Å². The molecule has 146 valence electrons. The van der Waals surface area contributed by atoms with Crippen LogP contribution >= 0.6 is 22.7 Å². The summed E-state index contributed by atoms with van der Waals surface area (Å²) in [6.45, 7) is -0.270. The van der Waals surface area contributed by atoms with E-state index >= 15 is 0 Å². The van der Waals surface area contributed by atoms with E-state index in [1.165, 1.54) is 42.0 Å². The molecule has 1 N–H and O–H groups in total. The fraction of sp³-hybridized carbons (Fsp3) is 0.263. The van der Waals surface area contributed by atoms with Crippen LogP contribution in [0.2, 0.25) is 0 Å². The number of sulfonamides is 1. The lowest BCUT2D eigenvalue weighted by Gasteiger charge is -2.15. The number of nitrogens with zero attached hydrogens (tertiary/aromatic N) is 2. The molecule has 0 saturated carbocycles. The van der Waals surface area contributed by atoms with Crippen molar-refractivity contribution in [1.29, 1.82) is 0 Å². The Morgan fingerprint density at radius 1 is 1.21 bits per heavy atom. The van der Waals surface area contributed by atoms with Crippen LogP contribution in [0.1, 0.15) is 17.5 Å². The molecule has 0 radical (unpaired) electrons. The third-order valence-electron chi connectivity index (χ3n) is 4.67.